The van der Waals surface area contributed by atoms with Crippen molar-refractivity contribution in [2.75, 3.05) is 11.9 Å². The monoisotopic (exact) mass is 260 g/mol. The minimum absolute atomic E-state index is 0.164. The number of anilines is 1. The Morgan fingerprint density at radius 2 is 2.11 bits per heavy atom. The summed E-state index contributed by atoms with van der Waals surface area (Å²) in [5, 5.41) is 17.6. The molecule has 19 heavy (non-hydrogen) atoms. The molecule has 0 spiro atoms. The van der Waals surface area contributed by atoms with Crippen molar-refractivity contribution in [3.63, 3.8) is 0 Å². The van der Waals surface area contributed by atoms with Gasteiger partial charge >= 0.3 is 0 Å². The number of fused-ring (bicyclic) bond motifs is 1. The Morgan fingerprint density at radius 1 is 1.32 bits per heavy atom. The molecule has 2 aromatic heterocycles. The fraction of sp³-hybridized carbons (Fsp3) is 0.571. The lowest BCUT2D eigenvalue weighted by atomic mass is 9.82. The van der Waals surface area contributed by atoms with E-state index in [1.165, 1.54) is 19.3 Å². The molecule has 1 aliphatic carbocycles. The molecule has 102 valence electrons. The third kappa shape index (κ3) is 2.30. The highest BCUT2D eigenvalue weighted by Gasteiger charge is 2.31. The van der Waals surface area contributed by atoms with Crippen molar-refractivity contribution in [1.82, 2.24) is 14.6 Å². The predicted molar refractivity (Wildman–Crippen MR) is 74.2 cm³/mol. The lowest BCUT2D eigenvalue weighted by Gasteiger charge is -2.37. The van der Waals surface area contributed by atoms with Crippen LogP contribution in [0.25, 0.3) is 5.65 Å². The summed E-state index contributed by atoms with van der Waals surface area (Å²) in [5.74, 6) is 0.920. The van der Waals surface area contributed by atoms with E-state index < -0.39 is 0 Å². The third-order valence-electron chi connectivity index (χ3n) is 4.03. The molecular formula is C14H20N4O. The van der Waals surface area contributed by atoms with Gasteiger partial charge in [0.05, 0.1) is 12.1 Å². The highest BCUT2D eigenvalue weighted by atomic mass is 16.3. The van der Waals surface area contributed by atoms with Crippen LogP contribution in [0.4, 0.5) is 5.82 Å². The molecule has 2 N–H and O–H groups in total. The summed E-state index contributed by atoms with van der Waals surface area (Å²) in [4.78, 5) is 4.23. The first-order valence-electron chi connectivity index (χ1n) is 6.92. The van der Waals surface area contributed by atoms with Gasteiger partial charge < -0.3 is 10.4 Å². The first kappa shape index (κ1) is 12.4. The van der Waals surface area contributed by atoms with Crippen molar-refractivity contribution in [2.24, 2.45) is 0 Å². The number of hydrogen-bond acceptors (Lipinski definition) is 4. The lowest BCUT2D eigenvalue weighted by Crippen LogP contribution is -2.44. The van der Waals surface area contributed by atoms with Gasteiger partial charge in [-0.25, -0.2) is 4.98 Å². The second kappa shape index (κ2) is 4.81. The van der Waals surface area contributed by atoms with Gasteiger partial charge in [0.2, 0.25) is 0 Å². The molecule has 2 aromatic rings. The maximum Gasteiger partial charge on any atom is 0.157 e. The molecular weight excluding hydrogens is 240 g/mol. The lowest BCUT2D eigenvalue weighted by molar-refractivity contribution is 0.172. The summed E-state index contributed by atoms with van der Waals surface area (Å²) in [6.07, 6.45) is 7.17. The number of aliphatic hydroxyl groups is 1. The van der Waals surface area contributed by atoms with E-state index in [1.54, 1.807) is 10.8 Å². The summed E-state index contributed by atoms with van der Waals surface area (Å²) < 4.78 is 1.80. The molecule has 0 aromatic carbocycles. The first-order valence-corrected chi connectivity index (χ1v) is 6.92. The van der Waals surface area contributed by atoms with E-state index in [2.05, 4.69) is 21.5 Å². The van der Waals surface area contributed by atoms with Crippen LogP contribution in [-0.2, 0) is 0 Å². The van der Waals surface area contributed by atoms with Gasteiger partial charge in [-0.05, 0) is 37.5 Å². The number of nitrogens with one attached hydrogen (secondary N) is 1. The van der Waals surface area contributed by atoms with Gasteiger partial charge in [-0.3, -0.25) is 0 Å². The normalized spacial score (nSPS) is 18.6. The Morgan fingerprint density at radius 3 is 2.84 bits per heavy atom. The van der Waals surface area contributed by atoms with Crippen LogP contribution >= 0.6 is 0 Å². The maximum absolute atomic E-state index is 9.79. The summed E-state index contributed by atoms with van der Waals surface area (Å²) in [5.41, 5.74) is 1.78. The molecule has 5 nitrogen and oxygen atoms in total. The Hall–Kier alpha value is -1.62. The van der Waals surface area contributed by atoms with Crippen LogP contribution in [0.5, 0.6) is 0 Å². The van der Waals surface area contributed by atoms with Crippen molar-refractivity contribution in [2.45, 2.75) is 44.6 Å². The molecule has 0 amide bonds. The third-order valence-corrected chi connectivity index (χ3v) is 4.03. The molecule has 0 aliphatic heterocycles. The van der Waals surface area contributed by atoms with E-state index in [1.807, 2.05) is 13.0 Å². The van der Waals surface area contributed by atoms with Crippen LogP contribution in [0.2, 0.25) is 0 Å². The SMILES string of the molecule is Cc1cc(NC2(CO)CCCCC2)n2ncnc2c1. The van der Waals surface area contributed by atoms with Crippen LogP contribution in [0, 0.1) is 6.92 Å². The molecule has 2 heterocycles. The van der Waals surface area contributed by atoms with E-state index in [4.69, 9.17) is 0 Å². The average molecular weight is 260 g/mol. The minimum Gasteiger partial charge on any atom is -0.394 e. The molecule has 1 aliphatic rings. The van der Waals surface area contributed by atoms with Crippen LogP contribution < -0.4 is 5.32 Å². The standard InChI is InChI=1S/C14H20N4O/c1-11-7-12-15-10-16-18(12)13(8-11)17-14(9-19)5-3-2-4-6-14/h7-8,10,17,19H,2-6,9H2,1H3. The highest BCUT2D eigenvalue weighted by molar-refractivity contribution is 5.52. The van der Waals surface area contributed by atoms with Crippen LogP contribution in [0.3, 0.4) is 0 Å². The number of rotatable bonds is 3. The van der Waals surface area contributed by atoms with Gasteiger partial charge in [0.1, 0.15) is 12.1 Å². The van der Waals surface area contributed by atoms with Gasteiger partial charge in [-0.1, -0.05) is 19.3 Å². The number of hydrogen-bond donors (Lipinski definition) is 2. The summed E-state index contributed by atoms with van der Waals surface area (Å²) >= 11 is 0. The molecule has 0 radical (unpaired) electrons. The van der Waals surface area contributed by atoms with Crippen molar-refractivity contribution >= 4 is 11.5 Å². The zero-order valence-electron chi connectivity index (χ0n) is 11.3. The first-order chi connectivity index (χ1) is 9.22. The highest BCUT2D eigenvalue weighted by Crippen LogP contribution is 2.31. The Kier molecular flexibility index (Phi) is 3.14. The van der Waals surface area contributed by atoms with Crippen molar-refractivity contribution < 1.29 is 5.11 Å². The van der Waals surface area contributed by atoms with Crippen molar-refractivity contribution in [1.29, 1.82) is 0 Å². The Bertz CT molecular complexity index is 572. The summed E-state index contributed by atoms with van der Waals surface area (Å²) in [7, 11) is 0. The van der Waals surface area contributed by atoms with E-state index in [9.17, 15) is 5.11 Å². The molecule has 0 unspecified atom stereocenters. The summed E-state index contributed by atoms with van der Waals surface area (Å²) in [6.45, 7) is 2.21. The number of aromatic nitrogens is 3. The van der Waals surface area contributed by atoms with E-state index in [0.717, 1.165) is 29.9 Å². The molecule has 0 bridgehead atoms. The smallest absolute Gasteiger partial charge is 0.157 e. The van der Waals surface area contributed by atoms with Crippen LogP contribution in [-0.4, -0.2) is 31.9 Å². The zero-order valence-corrected chi connectivity index (χ0v) is 11.3. The molecule has 0 atom stereocenters. The topological polar surface area (TPSA) is 62.5 Å². The summed E-state index contributed by atoms with van der Waals surface area (Å²) in [6, 6.07) is 4.07. The molecule has 1 saturated carbocycles. The van der Waals surface area contributed by atoms with Crippen LogP contribution in [0.1, 0.15) is 37.7 Å². The number of nitrogens with zero attached hydrogens (tertiary/aromatic N) is 3. The van der Waals surface area contributed by atoms with Crippen LogP contribution in [0.15, 0.2) is 18.5 Å². The van der Waals surface area contributed by atoms with E-state index >= 15 is 0 Å². The molecule has 3 rings (SSSR count). The van der Waals surface area contributed by atoms with E-state index in [0.29, 0.717) is 0 Å². The molecule has 0 saturated heterocycles. The van der Waals surface area contributed by atoms with Gasteiger partial charge in [0.15, 0.2) is 5.65 Å². The fourth-order valence-corrected chi connectivity index (χ4v) is 2.97. The predicted octanol–water partition coefficient (Wildman–Crippen LogP) is 2.14. The van der Waals surface area contributed by atoms with Gasteiger partial charge in [0, 0.05) is 0 Å². The minimum atomic E-state index is -0.203. The zero-order chi connectivity index (χ0) is 13.3. The van der Waals surface area contributed by atoms with Crippen molar-refractivity contribution in [3.8, 4) is 0 Å². The van der Waals surface area contributed by atoms with Gasteiger partial charge in [-0.2, -0.15) is 9.61 Å². The second-order valence-electron chi connectivity index (χ2n) is 5.57. The largest absolute Gasteiger partial charge is 0.394 e. The maximum atomic E-state index is 9.79. The number of pyridine rings is 1. The molecule has 1 fully saturated rings. The van der Waals surface area contributed by atoms with Gasteiger partial charge in [-0.15, -0.1) is 0 Å². The average Bonchev–Trinajstić information content (AvgIpc) is 2.88. The number of aliphatic hydroxyl groups excluding tert-OH is 1. The van der Waals surface area contributed by atoms with Gasteiger partial charge in [0.25, 0.3) is 0 Å². The number of aryl methyl sites for hydroxylation is 1. The van der Waals surface area contributed by atoms with E-state index in [-0.39, 0.29) is 12.1 Å². The Balaban J connectivity index is 1.97. The fourth-order valence-electron chi connectivity index (χ4n) is 2.97. The second-order valence-corrected chi connectivity index (χ2v) is 5.57. The van der Waals surface area contributed by atoms with Crippen molar-refractivity contribution in [3.05, 3.63) is 24.0 Å². The Labute approximate surface area is 112 Å². The quantitative estimate of drug-likeness (QED) is 0.887. The molecule has 5 heteroatoms.